The summed E-state index contributed by atoms with van der Waals surface area (Å²) in [5.74, 6) is -0.969. The van der Waals surface area contributed by atoms with E-state index in [2.05, 4.69) is 17.4 Å². The quantitative estimate of drug-likeness (QED) is 0.482. The van der Waals surface area contributed by atoms with E-state index < -0.39 is 27.5 Å². The molecule has 2 atom stereocenters. The lowest BCUT2D eigenvalue weighted by molar-refractivity contribution is -0.150. The Bertz CT molecular complexity index is 1130. The van der Waals surface area contributed by atoms with Gasteiger partial charge in [0.2, 0.25) is 0 Å². The molecule has 1 spiro atoms. The Morgan fingerprint density at radius 2 is 1.35 bits per heavy atom. The largest absolute Gasteiger partial charge is 0.468 e. The molecule has 0 amide bonds. The molecule has 0 radical (unpaired) electrons. The van der Waals surface area contributed by atoms with E-state index in [1.54, 1.807) is 0 Å². The minimum Gasteiger partial charge on any atom is -0.468 e. The molecule has 1 fully saturated rings. The molecule has 5 rings (SSSR count). The molecule has 3 aromatic rings. The number of carbonyl (C=O) groups excluding carboxylic acids is 2. The first-order valence-corrected chi connectivity index (χ1v) is 10.8. The van der Waals surface area contributed by atoms with Crippen molar-refractivity contribution >= 4 is 29.4 Å². The van der Waals surface area contributed by atoms with E-state index >= 15 is 0 Å². The lowest BCUT2D eigenvalue weighted by atomic mass is 9.79. The maximum absolute atomic E-state index is 13.4. The molecular formula is C25H21NO4S. The third-order valence-corrected chi connectivity index (χ3v) is 8.01. The highest BCUT2D eigenvalue weighted by Crippen LogP contribution is 2.79. The van der Waals surface area contributed by atoms with Crippen molar-refractivity contribution in [3.63, 3.8) is 0 Å². The Morgan fingerprint density at radius 3 is 1.90 bits per heavy atom. The van der Waals surface area contributed by atoms with E-state index in [0.717, 1.165) is 27.9 Å². The van der Waals surface area contributed by atoms with Crippen LogP contribution in [0.25, 0.3) is 11.1 Å². The van der Waals surface area contributed by atoms with Crippen LogP contribution in [0, 0.1) is 0 Å². The van der Waals surface area contributed by atoms with Crippen LogP contribution in [0.15, 0.2) is 78.9 Å². The highest BCUT2D eigenvalue weighted by atomic mass is 32.2. The van der Waals surface area contributed by atoms with Crippen molar-refractivity contribution in [2.75, 3.05) is 19.5 Å². The number of hydrogen-bond donors (Lipinski definition) is 1. The Kier molecular flexibility index (Phi) is 4.55. The van der Waals surface area contributed by atoms with Gasteiger partial charge < -0.3 is 14.8 Å². The van der Waals surface area contributed by atoms with Gasteiger partial charge in [0.25, 0.3) is 0 Å². The van der Waals surface area contributed by atoms with E-state index in [1.807, 2.05) is 66.7 Å². The maximum atomic E-state index is 13.4. The number of hydrogen-bond acceptors (Lipinski definition) is 6. The molecule has 0 saturated carbocycles. The van der Waals surface area contributed by atoms with Crippen molar-refractivity contribution in [2.45, 2.75) is 15.5 Å². The molecule has 1 heterocycles. The Morgan fingerprint density at radius 1 is 0.806 bits per heavy atom. The van der Waals surface area contributed by atoms with Crippen molar-refractivity contribution in [1.82, 2.24) is 0 Å². The smallest absolute Gasteiger partial charge is 0.330 e. The minimum absolute atomic E-state index is 0.456. The first-order chi connectivity index (χ1) is 15.1. The molecule has 0 bridgehead atoms. The summed E-state index contributed by atoms with van der Waals surface area (Å²) >= 11 is 1.45. The summed E-state index contributed by atoms with van der Waals surface area (Å²) < 4.78 is 8.50. The zero-order valence-corrected chi connectivity index (χ0v) is 17.9. The van der Waals surface area contributed by atoms with Gasteiger partial charge in [-0.25, -0.2) is 4.79 Å². The fourth-order valence-corrected chi connectivity index (χ4v) is 6.65. The van der Waals surface area contributed by atoms with E-state index in [4.69, 9.17) is 9.47 Å². The number of anilines is 1. The summed E-state index contributed by atoms with van der Waals surface area (Å²) in [5.41, 5.74) is 4.88. The number of methoxy groups -OCH3 is 2. The highest BCUT2D eigenvalue weighted by Gasteiger charge is 2.82. The first-order valence-electron chi connectivity index (χ1n) is 9.97. The average Bonchev–Trinajstić information content (AvgIpc) is 3.45. The molecule has 1 aliphatic carbocycles. The van der Waals surface area contributed by atoms with Crippen molar-refractivity contribution in [2.24, 2.45) is 0 Å². The monoisotopic (exact) mass is 431 g/mol. The Hall–Kier alpha value is -3.25. The zero-order valence-electron chi connectivity index (χ0n) is 17.1. The van der Waals surface area contributed by atoms with Gasteiger partial charge in [-0.1, -0.05) is 66.7 Å². The highest BCUT2D eigenvalue weighted by molar-refractivity contribution is 8.10. The second kappa shape index (κ2) is 7.17. The SMILES string of the molecule is COC(=O)[C@@H](Nc1ccccc1)[C@]1(C(=O)OC)SC12c1ccccc1-c1ccccc12. The summed E-state index contributed by atoms with van der Waals surface area (Å²) in [6.45, 7) is 0. The van der Waals surface area contributed by atoms with E-state index in [1.165, 1.54) is 26.0 Å². The molecule has 0 aromatic heterocycles. The minimum atomic E-state index is -1.21. The van der Waals surface area contributed by atoms with Crippen LogP contribution < -0.4 is 5.32 Å². The van der Waals surface area contributed by atoms with Crippen LogP contribution >= 0.6 is 11.8 Å². The van der Waals surface area contributed by atoms with Crippen LogP contribution in [-0.2, 0) is 23.8 Å². The number of benzene rings is 3. The van der Waals surface area contributed by atoms with Gasteiger partial charge in [0, 0.05) is 5.69 Å². The van der Waals surface area contributed by atoms with Crippen molar-refractivity contribution in [1.29, 1.82) is 0 Å². The summed E-state index contributed by atoms with van der Waals surface area (Å²) in [6.07, 6.45) is 0. The van der Waals surface area contributed by atoms with Crippen LogP contribution in [0.2, 0.25) is 0 Å². The first kappa shape index (κ1) is 19.7. The van der Waals surface area contributed by atoms with Gasteiger partial charge in [0.05, 0.1) is 19.0 Å². The van der Waals surface area contributed by atoms with Gasteiger partial charge in [-0.15, -0.1) is 11.8 Å². The molecule has 6 heteroatoms. The lowest BCUT2D eigenvalue weighted by Crippen LogP contribution is -2.52. The number of rotatable bonds is 5. The molecular weight excluding hydrogens is 410 g/mol. The summed E-state index contributed by atoms with van der Waals surface area (Å²) in [6, 6.07) is 24.5. The van der Waals surface area contributed by atoms with Crippen LogP contribution in [0.1, 0.15) is 11.1 Å². The van der Waals surface area contributed by atoms with E-state index in [-0.39, 0.29) is 0 Å². The number of fused-ring (bicyclic) bond motifs is 5. The second-order valence-electron chi connectivity index (χ2n) is 7.57. The Balaban J connectivity index is 1.73. The molecule has 31 heavy (non-hydrogen) atoms. The normalized spacial score (nSPS) is 20.3. The topological polar surface area (TPSA) is 64.6 Å². The maximum Gasteiger partial charge on any atom is 0.330 e. The predicted molar refractivity (Wildman–Crippen MR) is 121 cm³/mol. The molecule has 2 aliphatic rings. The summed E-state index contributed by atoms with van der Waals surface area (Å²) in [5, 5.41) is 3.26. The van der Waals surface area contributed by atoms with Crippen molar-refractivity contribution in [3.05, 3.63) is 90.0 Å². The number of para-hydroxylation sites is 1. The number of thioether (sulfide) groups is 1. The second-order valence-corrected chi connectivity index (χ2v) is 9.03. The van der Waals surface area contributed by atoms with Crippen LogP contribution in [-0.4, -0.2) is 36.9 Å². The molecule has 5 nitrogen and oxygen atoms in total. The molecule has 156 valence electrons. The van der Waals surface area contributed by atoms with Crippen molar-refractivity contribution in [3.8, 4) is 11.1 Å². The molecule has 1 N–H and O–H groups in total. The van der Waals surface area contributed by atoms with Crippen molar-refractivity contribution < 1.29 is 19.1 Å². The van der Waals surface area contributed by atoms with Crippen LogP contribution in [0.3, 0.4) is 0 Å². The third kappa shape index (κ3) is 2.58. The van der Waals surface area contributed by atoms with Gasteiger partial charge in [-0.05, 0) is 34.4 Å². The predicted octanol–water partition coefficient (Wildman–Crippen LogP) is 4.22. The molecule has 0 unspecified atom stereocenters. The summed E-state index contributed by atoms with van der Waals surface area (Å²) in [4.78, 5) is 26.5. The number of carbonyl (C=O) groups is 2. The van der Waals surface area contributed by atoms with Gasteiger partial charge in [-0.2, -0.15) is 0 Å². The number of ether oxygens (including phenoxy) is 2. The fraction of sp³-hybridized carbons (Fsp3) is 0.200. The standard InChI is InChI=1S/C25H21NO4S/c1-29-22(27)21(26-16-10-4-3-5-11-16)25(23(28)30-2)24(31-25)19-14-8-6-12-17(19)18-13-7-9-15-20(18)24/h3-15,21,26H,1-2H3/t21-,25-/m1/s1. The van der Waals surface area contributed by atoms with Crippen LogP contribution in [0.5, 0.6) is 0 Å². The lowest BCUT2D eigenvalue weighted by Gasteiger charge is -2.28. The van der Waals surface area contributed by atoms with Gasteiger partial charge >= 0.3 is 11.9 Å². The molecule has 3 aromatic carbocycles. The fourth-order valence-electron chi connectivity index (χ4n) is 4.78. The van der Waals surface area contributed by atoms with Crippen LogP contribution in [0.4, 0.5) is 5.69 Å². The third-order valence-electron chi connectivity index (χ3n) is 6.12. The van der Waals surface area contributed by atoms with Gasteiger partial charge in [0.15, 0.2) is 10.8 Å². The Labute approximate surface area is 184 Å². The summed E-state index contributed by atoms with van der Waals surface area (Å²) in [7, 11) is 2.70. The zero-order chi connectivity index (χ0) is 21.6. The number of nitrogens with one attached hydrogen (secondary N) is 1. The van der Waals surface area contributed by atoms with Gasteiger partial charge in [-0.3, -0.25) is 4.79 Å². The molecule has 1 aliphatic heterocycles. The van der Waals surface area contributed by atoms with E-state index in [0.29, 0.717) is 0 Å². The molecule has 1 saturated heterocycles. The van der Waals surface area contributed by atoms with E-state index in [9.17, 15) is 9.59 Å². The average molecular weight is 432 g/mol. The number of esters is 2. The van der Waals surface area contributed by atoms with Gasteiger partial charge in [0.1, 0.15) is 0 Å².